The van der Waals surface area contributed by atoms with Crippen LogP contribution in [0.5, 0.6) is 0 Å². The second kappa shape index (κ2) is 2.25. The zero-order chi connectivity index (χ0) is 6.08. The van der Waals surface area contributed by atoms with Gasteiger partial charge in [0, 0.05) is 6.19 Å². The van der Waals surface area contributed by atoms with Gasteiger partial charge in [0.05, 0.1) is 0 Å². The van der Waals surface area contributed by atoms with Crippen molar-refractivity contribution in [2.45, 2.75) is 0 Å². The topological polar surface area (TPSA) is 3.24 Å². The molecule has 0 amide bonds. The quantitative estimate of drug-likeness (QED) is 0.500. The van der Waals surface area contributed by atoms with Gasteiger partial charge in [-0.3, -0.25) is 4.67 Å². The van der Waals surface area contributed by atoms with Crippen LogP contribution in [0, 0.1) is 0 Å². The number of hydrogen-bond acceptors (Lipinski definition) is 1. The Morgan fingerprint density at radius 3 is 1.43 bits per heavy atom. The summed E-state index contributed by atoms with van der Waals surface area (Å²) in [5.41, 5.74) is 0. The summed E-state index contributed by atoms with van der Waals surface area (Å²) in [7, 11) is 4.06. The Morgan fingerprint density at radius 1 is 1.29 bits per heavy atom. The highest BCUT2D eigenvalue weighted by molar-refractivity contribution is 8.12. The zero-order valence-corrected chi connectivity index (χ0v) is 7.01. The van der Waals surface area contributed by atoms with E-state index in [-0.39, 0.29) is 0 Å². The Kier molecular flexibility index (Phi) is 2.45. The molecule has 44 valence electrons. The standard InChI is InChI=1S/C4H12NPS/c1-5(2)6(3,4)7/h1-4H3. The highest BCUT2D eigenvalue weighted by atomic mass is 32.4. The van der Waals surface area contributed by atoms with Crippen LogP contribution in [0.15, 0.2) is 0 Å². The van der Waals surface area contributed by atoms with Crippen LogP contribution < -0.4 is 0 Å². The first-order chi connectivity index (χ1) is 2.94. The molecule has 0 radical (unpaired) electrons. The van der Waals surface area contributed by atoms with E-state index < -0.39 is 6.19 Å². The fourth-order valence-electron chi connectivity index (χ4n) is 0. The Balaban J connectivity index is 3.80. The van der Waals surface area contributed by atoms with Crippen LogP contribution in [0.3, 0.4) is 0 Å². The SMILES string of the molecule is CN(C)P(C)(C)=S. The van der Waals surface area contributed by atoms with E-state index in [0.717, 1.165) is 0 Å². The zero-order valence-electron chi connectivity index (χ0n) is 5.30. The second-order valence-corrected chi connectivity index (χ2v) is 8.21. The molecule has 0 spiro atoms. The van der Waals surface area contributed by atoms with Crippen molar-refractivity contribution in [1.82, 2.24) is 4.67 Å². The van der Waals surface area contributed by atoms with E-state index in [1.165, 1.54) is 0 Å². The molecule has 0 aromatic carbocycles. The molecule has 0 atom stereocenters. The first-order valence-corrected chi connectivity index (χ1v) is 5.82. The van der Waals surface area contributed by atoms with Crippen LogP contribution in [-0.4, -0.2) is 32.1 Å². The van der Waals surface area contributed by atoms with E-state index in [1.807, 2.05) is 14.1 Å². The molecular formula is C4H12NPS. The molecule has 0 unspecified atom stereocenters. The molecule has 0 saturated heterocycles. The van der Waals surface area contributed by atoms with Gasteiger partial charge in [-0.25, -0.2) is 0 Å². The monoisotopic (exact) mass is 137 g/mol. The lowest BCUT2D eigenvalue weighted by Crippen LogP contribution is -2.04. The summed E-state index contributed by atoms with van der Waals surface area (Å²) >= 11 is 5.15. The average Bonchev–Trinajstić information content (AvgIpc) is 1.31. The molecule has 0 aliphatic heterocycles. The third kappa shape index (κ3) is 3.22. The maximum Gasteiger partial charge on any atom is 0.00858 e. The van der Waals surface area contributed by atoms with Crippen molar-refractivity contribution >= 4 is 18.0 Å². The van der Waals surface area contributed by atoms with Crippen molar-refractivity contribution in [1.29, 1.82) is 0 Å². The van der Waals surface area contributed by atoms with Gasteiger partial charge in [0.15, 0.2) is 0 Å². The molecule has 0 aromatic rings. The lowest BCUT2D eigenvalue weighted by atomic mass is 11.3. The van der Waals surface area contributed by atoms with Gasteiger partial charge in [0.1, 0.15) is 0 Å². The highest BCUT2D eigenvalue weighted by Crippen LogP contribution is 2.37. The molecule has 0 aliphatic rings. The number of nitrogens with zero attached hydrogens (tertiary/aromatic N) is 1. The van der Waals surface area contributed by atoms with Crippen molar-refractivity contribution in [3.05, 3.63) is 0 Å². The minimum Gasteiger partial charge on any atom is -0.281 e. The Labute approximate surface area is 50.8 Å². The minimum atomic E-state index is -1.07. The molecule has 0 aromatic heterocycles. The molecular weight excluding hydrogens is 125 g/mol. The molecule has 3 heteroatoms. The van der Waals surface area contributed by atoms with Crippen LogP contribution in [0.25, 0.3) is 0 Å². The summed E-state index contributed by atoms with van der Waals surface area (Å²) in [6.45, 7) is 4.23. The number of rotatable bonds is 1. The summed E-state index contributed by atoms with van der Waals surface area (Å²) in [4.78, 5) is 0. The van der Waals surface area contributed by atoms with Crippen LogP contribution in [0.4, 0.5) is 0 Å². The third-order valence-corrected chi connectivity index (χ3v) is 3.87. The molecule has 0 saturated carbocycles. The Bertz CT molecular complexity index is 93.9. The molecule has 0 rings (SSSR count). The highest BCUT2D eigenvalue weighted by Gasteiger charge is 2.01. The van der Waals surface area contributed by atoms with E-state index in [4.69, 9.17) is 11.8 Å². The van der Waals surface area contributed by atoms with E-state index in [9.17, 15) is 0 Å². The smallest absolute Gasteiger partial charge is 0.00858 e. The molecule has 0 bridgehead atoms. The van der Waals surface area contributed by atoms with Crippen molar-refractivity contribution in [3.8, 4) is 0 Å². The summed E-state index contributed by atoms with van der Waals surface area (Å²) in [6, 6.07) is 0. The van der Waals surface area contributed by atoms with Gasteiger partial charge in [-0.1, -0.05) is 11.8 Å². The average molecular weight is 137 g/mol. The first-order valence-electron chi connectivity index (χ1n) is 2.17. The van der Waals surface area contributed by atoms with E-state index >= 15 is 0 Å². The summed E-state index contributed by atoms with van der Waals surface area (Å²) < 4.78 is 2.11. The van der Waals surface area contributed by atoms with Gasteiger partial charge in [0.25, 0.3) is 0 Å². The van der Waals surface area contributed by atoms with Crippen LogP contribution in [0.2, 0.25) is 0 Å². The predicted octanol–water partition coefficient (Wildman–Crippen LogP) is 1.20. The largest absolute Gasteiger partial charge is 0.281 e. The van der Waals surface area contributed by atoms with Gasteiger partial charge in [-0.15, -0.1) is 0 Å². The second-order valence-electron chi connectivity index (χ2n) is 2.14. The van der Waals surface area contributed by atoms with Crippen LogP contribution in [-0.2, 0) is 11.8 Å². The molecule has 0 aliphatic carbocycles. The molecule has 0 heterocycles. The van der Waals surface area contributed by atoms with Crippen LogP contribution in [0.1, 0.15) is 0 Å². The lowest BCUT2D eigenvalue weighted by Gasteiger charge is -2.18. The maximum absolute atomic E-state index is 5.15. The van der Waals surface area contributed by atoms with Gasteiger partial charge in [-0.05, 0) is 27.4 Å². The molecule has 1 nitrogen and oxygen atoms in total. The fourth-order valence-corrected chi connectivity index (χ4v) is 0. The van der Waals surface area contributed by atoms with E-state index in [1.54, 1.807) is 0 Å². The molecule has 0 N–H and O–H groups in total. The number of hydrogen-bond donors (Lipinski definition) is 0. The van der Waals surface area contributed by atoms with Gasteiger partial charge in [0.2, 0.25) is 0 Å². The van der Waals surface area contributed by atoms with E-state index in [0.29, 0.717) is 0 Å². The third-order valence-electron chi connectivity index (χ3n) is 0.963. The van der Waals surface area contributed by atoms with Gasteiger partial charge < -0.3 is 0 Å². The van der Waals surface area contributed by atoms with Crippen molar-refractivity contribution in [2.24, 2.45) is 0 Å². The fraction of sp³-hybridized carbons (Fsp3) is 1.00. The minimum absolute atomic E-state index is 1.07. The van der Waals surface area contributed by atoms with Crippen molar-refractivity contribution in [3.63, 3.8) is 0 Å². The summed E-state index contributed by atoms with van der Waals surface area (Å²) in [5.74, 6) is 0. The summed E-state index contributed by atoms with van der Waals surface area (Å²) in [5, 5.41) is 0. The Hall–Kier alpha value is 0.610. The molecule has 7 heavy (non-hydrogen) atoms. The van der Waals surface area contributed by atoms with E-state index in [2.05, 4.69) is 18.0 Å². The first kappa shape index (κ1) is 7.61. The molecule has 0 fully saturated rings. The summed E-state index contributed by atoms with van der Waals surface area (Å²) in [6.07, 6.45) is -1.07. The Morgan fingerprint density at radius 2 is 1.43 bits per heavy atom. The predicted molar refractivity (Wildman–Crippen MR) is 39.8 cm³/mol. The van der Waals surface area contributed by atoms with Gasteiger partial charge >= 0.3 is 0 Å². The maximum atomic E-state index is 5.15. The lowest BCUT2D eigenvalue weighted by molar-refractivity contribution is 0.682. The normalized spacial score (nSPS) is 12.7. The van der Waals surface area contributed by atoms with Crippen molar-refractivity contribution < 1.29 is 0 Å². The van der Waals surface area contributed by atoms with Gasteiger partial charge in [-0.2, -0.15) is 0 Å². The van der Waals surface area contributed by atoms with Crippen LogP contribution >= 0.6 is 6.19 Å². The van der Waals surface area contributed by atoms with Crippen molar-refractivity contribution in [2.75, 3.05) is 27.4 Å².